The van der Waals surface area contributed by atoms with E-state index in [1.54, 1.807) is 33.5 Å². The Bertz CT molecular complexity index is 556. The summed E-state index contributed by atoms with van der Waals surface area (Å²) in [4.78, 5) is 15.1. The van der Waals surface area contributed by atoms with Gasteiger partial charge >= 0.3 is 0 Å². The normalized spacial score (nSPS) is 15.9. The number of hydrogen-bond donors (Lipinski definition) is 1. The van der Waals surface area contributed by atoms with Gasteiger partial charge in [-0.2, -0.15) is 0 Å². The van der Waals surface area contributed by atoms with E-state index >= 15 is 0 Å². The van der Waals surface area contributed by atoms with E-state index in [1.165, 1.54) is 0 Å². The van der Waals surface area contributed by atoms with Gasteiger partial charge < -0.3 is 24.4 Å². The van der Waals surface area contributed by atoms with Crippen molar-refractivity contribution in [1.82, 2.24) is 10.2 Å². The predicted molar refractivity (Wildman–Crippen MR) is 97.9 cm³/mol. The number of benzene rings is 1. The summed E-state index contributed by atoms with van der Waals surface area (Å²) in [7, 11) is 4.64. The van der Waals surface area contributed by atoms with Crippen LogP contribution in [0.2, 0.25) is 0 Å². The van der Waals surface area contributed by atoms with Gasteiger partial charge in [0.15, 0.2) is 11.5 Å². The van der Waals surface area contributed by atoms with Crippen LogP contribution in [0.3, 0.4) is 0 Å². The molecule has 0 aliphatic carbocycles. The minimum absolute atomic E-state index is 0.110. The van der Waals surface area contributed by atoms with Crippen molar-refractivity contribution < 1.29 is 19.0 Å². The van der Waals surface area contributed by atoms with E-state index in [-0.39, 0.29) is 11.9 Å². The molecule has 0 bridgehead atoms. The van der Waals surface area contributed by atoms with E-state index < -0.39 is 0 Å². The molecule has 25 heavy (non-hydrogen) atoms. The third-order valence-electron chi connectivity index (χ3n) is 4.47. The average Bonchev–Trinajstić information content (AvgIpc) is 2.61. The Balaban J connectivity index is 2.02. The van der Waals surface area contributed by atoms with Gasteiger partial charge in [0, 0.05) is 31.2 Å². The van der Waals surface area contributed by atoms with Crippen molar-refractivity contribution in [2.45, 2.75) is 32.7 Å². The van der Waals surface area contributed by atoms with Gasteiger partial charge in [0.05, 0.1) is 21.3 Å². The van der Waals surface area contributed by atoms with Gasteiger partial charge in [0.1, 0.15) is 0 Å². The molecular weight excluding hydrogens is 320 g/mol. The van der Waals surface area contributed by atoms with Crippen LogP contribution in [0.5, 0.6) is 17.2 Å². The first-order valence-corrected chi connectivity index (χ1v) is 8.81. The second kappa shape index (κ2) is 8.94. The smallest absolute Gasteiger partial charge is 0.251 e. The third-order valence-corrected chi connectivity index (χ3v) is 4.47. The van der Waals surface area contributed by atoms with Crippen molar-refractivity contribution in [1.29, 1.82) is 0 Å². The van der Waals surface area contributed by atoms with Gasteiger partial charge in [-0.25, -0.2) is 0 Å². The van der Waals surface area contributed by atoms with Gasteiger partial charge in [-0.15, -0.1) is 0 Å². The van der Waals surface area contributed by atoms with Gasteiger partial charge in [-0.1, -0.05) is 13.8 Å². The third kappa shape index (κ3) is 5.01. The maximum atomic E-state index is 12.6. The number of hydrogen-bond acceptors (Lipinski definition) is 5. The fourth-order valence-electron chi connectivity index (χ4n) is 3.26. The van der Waals surface area contributed by atoms with Gasteiger partial charge in [0.2, 0.25) is 5.75 Å². The number of rotatable bonds is 7. The molecular formula is C19H30N2O4. The van der Waals surface area contributed by atoms with E-state index in [0.717, 1.165) is 32.5 Å². The maximum absolute atomic E-state index is 12.6. The molecule has 1 fully saturated rings. The number of nitrogens with one attached hydrogen (secondary N) is 1. The van der Waals surface area contributed by atoms with Crippen LogP contribution in [-0.4, -0.2) is 57.8 Å². The lowest BCUT2D eigenvalue weighted by atomic mass is 10.0. The van der Waals surface area contributed by atoms with E-state index in [1.807, 2.05) is 0 Å². The van der Waals surface area contributed by atoms with Crippen molar-refractivity contribution in [2.75, 3.05) is 41.0 Å². The van der Waals surface area contributed by atoms with Crippen molar-refractivity contribution >= 4 is 5.91 Å². The topological polar surface area (TPSA) is 60.0 Å². The second-order valence-corrected chi connectivity index (χ2v) is 6.86. The summed E-state index contributed by atoms with van der Waals surface area (Å²) in [6.45, 7) is 7.64. The second-order valence-electron chi connectivity index (χ2n) is 6.86. The van der Waals surface area contributed by atoms with Crippen molar-refractivity contribution in [3.05, 3.63) is 17.7 Å². The molecule has 1 saturated heterocycles. The molecule has 1 aliphatic heterocycles. The zero-order valence-corrected chi connectivity index (χ0v) is 15.9. The standard InChI is InChI=1S/C19H30N2O4/c1-13(2)12-21-8-6-15(7-9-21)20-19(22)14-10-16(23-3)18(25-5)17(11-14)24-4/h10-11,13,15H,6-9,12H2,1-5H3,(H,20,22). The number of carbonyl (C=O) groups excluding carboxylic acids is 1. The molecule has 1 N–H and O–H groups in total. The van der Waals surface area contributed by atoms with Crippen LogP contribution in [0, 0.1) is 5.92 Å². The highest BCUT2D eigenvalue weighted by Crippen LogP contribution is 2.38. The minimum Gasteiger partial charge on any atom is -0.493 e. The van der Waals surface area contributed by atoms with Crippen LogP contribution in [0.4, 0.5) is 0 Å². The van der Waals surface area contributed by atoms with Gasteiger partial charge in [0.25, 0.3) is 5.91 Å². The molecule has 1 heterocycles. The molecule has 0 atom stereocenters. The van der Waals surface area contributed by atoms with Crippen LogP contribution >= 0.6 is 0 Å². The Morgan fingerprint density at radius 3 is 2.12 bits per heavy atom. The van der Waals surface area contributed by atoms with E-state index in [2.05, 4.69) is 24.1 Å². The highest BCUT2D eigenvalue weighted by atomic mass is 16.5. The summed E-state index contributed by atoms with van der Waals surface area (Å²) < 4.78 is 15.9. The molecule has 1 aliphatic rings. The van der Waals surface area contributed by atoms with Crippen LogP contribution in [-0.2, 0) is 0 Å². The molecule has 1 aromatic rings. The van der Waals surface area contributed by atoms with Crippen molar-refractivity contribution in [3.63, 3.8) is 0 Å². The molecule has 6 heteroatoms. The lowest BCUT2D eigenvalue weighted by Crippen LogP contribution is -2.45. The van der Waals surface area contributed by atoms with E-state index in [9.17, 15) is 4.79 Å². The minimum atomic E-state index is -0.110. The monoisotopic (exact) mass is 350 g/mol. The molecule has 140 valence electrons. The summed E-state index contributed by atoms with van der Waals surface area (Å²) in [5, 5.41) is 3.13. The molecule has 2 rings (SSSR count). The fraction of sp³-hybridized carbons (Fsp3) is 0.632. The van der Waals surface area contributed by atoms with E-state index in [4.69, 9.17) is 14.2 Å². The SMILES string of the molecule is COc1cc(C(=O)NC2CCN(CC(C)C)CC2)cc(OC)c1OC. The highest BCUT2D eigenvalue weighted by Gasteiger charge is 2.23. The number of carbonyl (C=O) groups is 1. The van der Waals surface area contributed by atoms with E-state index in [0.29, 0.717) is 28.7 Å². The molecule has 0 saturated carbocycles. The number of amides is 1. The lowest BCUT2D eigenvalue weighted by molar-refractivity contribution is 0.0906. The lowest BCUT2D eigenvalue weighted by Gasteiger charge is -2.33. The Hall–Kier alpha value is -1.95. The zero-order valence-electron chi connectivity index (χ0n) is 15.9. The van der Waals surface area contributed by atoms with Crippen molar-refractivity contribution in [3.8, 4) is 17.2 Å². The Morgan fingerprint density at radius 2 is 1.68 bits per heavy atom. The fourth-order valence-corrected chi connectivity index (χ4v) is 3.26. The molecule has 1 amide bonds. The summed E-state index contributed by atoms with van der Waals surface area (Å²) in [6.07, 6.45) is 1.95. The predicted octanol–water partition coefficient (Wildman–Crippen LogP) is 2.56. The Morgan fingerprint density at radius 1 is 1.12 bits per heavy atom. The van der Waals surface area contributed by atoms with Crippen molar-refractivity contribution in [2.24, 2.45) is 5.92 Å². The quantitative estimate of drug-likeness (QED) is 0.819. The first kappa shape index (κ1) is 19.4. The van der Waals surface area contributed by atoms with Gasteiger partial charge in [-0.3, -0.25) is 4.79 Å². The zero-order chi connectivity index (χ0) is 18.4. The summed E-state index contributed by atoms with van der Waals surface area (Å²) >= 11 is 0. The number of nitrogens with zero attached hydrogens (tertiary/aromatic N) is 1. The summed E-state index contributed by atoms with van der Waals surface area (Å²) in [5.41, 5.74) is 0.513. The maximum Gasteiger partial charge on any atom is 0.251 e. The van der Waals surface area contributed by atoms with Crippen LogP contribution in [0.1, 0.15) is 37.0 Å². The molecule has 6 nitrogen and oxygen atoms in total. The first-order chi connectivity index (χ1) is 12.0. The molecule has 1 aromatic carbocycles. The largest absolute Gasteiger partial charge is 0.493 e. The molecule has 0 spiro atoms. The van der Waals surface area contributed by atoms with Gasteiger partial charge in [-0.05, 0) is 30.9 Å². The number of piperidine rings is 1. The highest BCUT2D eigenvalue weighted by molar-refractivity contribution is 5.95. The summed E-state index contributed by atoms with van der Waals surface area (Å²) in [5.74, 6) is 2.02. The average molecular weight is 350 g/mol. The Labute approximate surface area is 150 Å². The molecule has 0 radical (unpaired) electrons. The van der Waals surface area contributed by atoms with Crippen LogP contribution in [0.25, 0.3) is 0 Å². The Kier molecular flexibility index (Phi) is 6.93. The summed E-state index contributed by atoms with van der Waals surface area (Å²) in [6, 6.07) is 3.57. The molecule has 0 aromatic heterocycles. The number of likely N-dealkylation sites (tertiary alicyclic amines) is 1. The number of ether oxygens (including phenoxy) is 3. The molecule has 0 unspecified atom stereocenters. The first-order valence-electron chi connectivity index (χ1n) is 8.81. The van der Waals surface area contributed by atoms with Crippen LogP contribution in [0.15, 0.2) is 12.1 Å². The van der Waals surface area contributed by atoms with Crippen LogP contribution < -0.4 is 19.5 Å². The number of methoxy groups -OCH3 is 3.